The van der Waals surface area contributed by atoms with Gasteiger partial charge in [0.25, 0.3) is 0 Å². The summed E-state index contributed by atoms with van der Waals surface area (Å²) in [7, 11) is 1.65. The van der Waals surface area contributed by atoms with E-state index in [9.17, 15) is 4.79 Å². The number of urea groups is 1. The number of benzene rings is 2. The number of imidazole rings is 1. The molecule has 3 aromatic rings. The number of carbonyl (C=O) groups is 1. The third-order valence-corrected chi connectivity index (χ3v) is 5.16. The average molecular weight is 394 g/mol. The molecule has 0 radical (unpaired) electrons. The lowest BCUT2D eigenvalue weighted by atomic mass is 10.1. The summed E-state index contributed by atoms with van der Waals surface area (Å²) in [5.74, 6) is 1.53. The molecular weight excluding hydrogens is 368 g/mol. The van der Waals surface area contributed by atoms with Gasteiger partial charge in [0.15, 0.2) is 0 Å². The molecule has 1 aliphatic heterocycles. The maximum Gasteiger partial charge on any atom is 0.315 e. The number of hydrogen-bond acceptors (Lipinski definition) is 4. The highest BCUT2D eigenvalue weighted by molar-refractivity contribution is 5.76. The van der Waals surface area contributed by atoms with Gasteiger partial charge in [-0.15, -0.1) is 0 Å². The van der Waals surface area contributed by atoms with E-state index in [0.717, 1.165) is 47.6 Å². The summed E-state index contributed by atoms with van der Waals surface area (Å²) in [5.41, 5.74) is 2.91. The number of nitrogens with one attached hydrogen (secondary N) is 3. The van der Waals surface area contributed by atoms with Crippen LogP contribution in [0.2, 0.25) is 0 Å². The first-order valence-electron chi connectivity index (χ1n) is 9.95. The zero-order valence-corrected chi connectivity index (χ0v) is 16.5. The third kappa shape index (κ3) is 4.86. The molecule has 0 saturated carbocycles. The number of methoxy groups -OCH3 is 1. The van der Waals surface area contributed by atoms with E-state index in [2.05, 4.69) is 20.6 Å². The number of para-hydroxylation sites is 2. The van der Waals surface area contributed by atoms with Crippen molar-refractivity contribution in [1.82, 2.24) is 20.6 Å². The lowest BCUT2D eigenvalue weighted by Crippen LogP contribution is -2.42. The monoisotopic (exact) mass is 394 g/mol. The van der Waals surface area contributed by atoms with Gasteiger partial charge in [-0.25, -0.2) is 9.78 Å². The Kier molecular flexibility index (Phi) is 5.95. The molecule has 2 atom stereocenters. The summed E-state index contributed by atoms with van der Waals surface area (Å²) in [6, 6.07) is 15.2. The van der Waals surface area contributed by atoms with Gasteiger partial charge in [0, 0.05) is 13.2 Å². The number of H-pyrrole nitrogens is 1. The second kappa shape index (κ2) is 8.96. The van der Waals surface area contributed by atoms with Crippen molar-refractivity contribution in [1.29, 1.82) is 0 Å². The van der Waals surface area contributed by atoms with E-state index in [4.69, 9.17) is 9.47 Å². The van der Waals surface area contributed by atoms with Gasteiger partial charge in [0.05, 0.1) is 30.3 Å². The van der Waals surface area contributed by atoms with Crippen LogP contribution in [-0.2, 0) is 11.2 Å². The molecule has 1 aliphatic rings. The maximum atomic E-state index is 12.5. The van der Waals surface area contributed by atoms with E-state index in [1.807, 2.05) is 48.5 Å². The molecule has 2 amide bonds. The van der Waals surface area contributed by atoms with Crippen LogP contribution in [0.5, 0.6) is 5.75 Å². The quantitative estimate of drug-likeness (QED) is 0.574. The molecule has 29 heavy (non-hydrogen) atoms. The predicted molar refractivity (Wildman–Crippen MR) is 111 cm³/mol. The molecule has 1 saturated heterocycles. The highest BCUT2D eigenvalue weighted by Gasteiger charge is 2.21. The highest BCUT2D eigenvalue weighted by atomic mass is 16.5. The number of amides is 2. The fraction of sp³-hybridized carbons (Fsp3) is 0.364. The van der Waals surface area contributed by atoms with Crippen LogP contribution in [0.25, 0.3) is 11.0 Å². The molecule has 0 bridgehead atoms. The fourth-order valence-electron chi connectivity index (χ4n) is 3.57. The summed E-state index contributed by atoms with van der Waals surface area (Å²) < 4.78 is 10.8. The minimum atomic E-state index is -0.291. The molecular formula is C22H26N4O3. The number of fused-ring (bicyclic) bond motifs is 1. The number of ether oxygens (including phenoxy) is 2. The first kappa shape index (κ1) is 19.3. The van der Waals surface area contributed by atoms with E-state index in [1.165, 1.54) is 0 Å². The van der Waals surface area contributed by atoms with Gasteiger partial charge >= 0.3 is 6.03 Å². The number of nitrogens with zero attached hydrogens (tertiary/aromatic N) is 1. The molecule has 4 rings (SSSR count). The Morgan fingerprint density at radius 3 is 2.83 bits per heavy atom. The first-order valence-corrected chi connectivity index (χ1v) is 9.95. The Hall–Kier alpha value is -3.06. The predicted octanol–water partition coefficient (Wildman–Crippen LogP) is 3.33. The summed E-state index contributed by atoms with van der Waals surface area (Å²) in [6.45, 7) is 1.29. The van der Waals surface area contributed by atoms with Crippen molar-refractivity contribution in [3.05, 3.63) is 59.9 Å². The molecule has 7 nitrogen and oxygen atoms in total. The van der Waals surface area contributed by atoms with E-state index < -0.39 is 0 Å². The summed E-state index contributed by atoms with van der Waals surface area (Å²) in [6.07, 6.45) is 2.75. The normalized spacial score (nSPS) is 17.2. The van der Waals surface area contributed by atoms with Crippen LogP contribution in [0.15, 0.2) is 48.5 Å². The zero-order valence-electron chi connectivity index (χ0n) is 16.5. The van der Waals surface area contributed by atoms with Gasteiger partial charge in [-0.3, -0.25) is 0 Å². The van der Waals surface area contributed by atoms with E-state index >= 15 is 0 Å². The van der Waals surface area contributed by atoms with Gasteiger partial charge in [-0.2, -0.15) is 0 Å². The van der Waals surface area contributed by atoms with Crippen molar-refractivity contribution < 1.29 is 14.3 Å². The molecule has 0 aliphatic carbocycles. The summed E-state index contributed by atoms with van der Waals surface area (Å²) in [4.78, 5) is 20.6. The molecule has 2 heterocycles. The van der Waals surface area contributed by atoms with Crippen molar-refractivity contribution in [2.45, 2.75) is 31.4 Å². The van der Waals surface area contributed by atoms with Crippen LogP contribution in [-0.4, -0.2) is 42.4 Å². The number of hydrogen-bond donors (Lipinski definition) is 3. The lowest BCUT2D eigenvalue weighted by Gasteiger charge is -2.19. The van der Waals surface area contributed by atoms with Gasteiger partial charge in [0.2, 0.25) is 0 Å². The van der Waals surface area contributed by atoms with Crippen LogP contribution in [0.1, 0.15) is 30.3 Å². The molecule has 152 valence electrons. The van der Waals surface area contributed by atoms with Crippen molar-refractivity contribution in [2.24, 2.45) is 0 Å². The van der Waals surface area contributed by atoms with Crippen molar-refractivity contribution in [3.8, 4) is 5.75 Å². The van der Waals surface area contributed by atoms with Gasteiger partial charge in [0.1, 0.15) is 11.6 Å². The third-order valence-electron chi connectivity index (χ3n) is 5.16. The van der Waals surface area contributed by atoms with Crippen LogP contribution in [0.3, 0.4) is 0 Å². The molecule has 3 N–H and O–H groups in total. The molecule has 1 aromatic heterocycles. The molecule has 7 heteroatoms. The Morgan fingerprint density at radius 2 is 2.10 bits per heavy atom. The largest absolute Gasteiger partial charge is 0.497 e. The molecule has 1 unspecified atom stereocenters. The second-order valence-electron chi connectivity index (χ2n) is 7.23. The summed E-state index contributed by atoms with van der Waals surface area (Å²) >= 11 is 0. The minimum Gasteiger partial charge on any atom is -0.497 e. The number of carbonyl (C=O) groups excluding carboxylic acids is 1. The van der Waals surface area contributed by atoms with E-state index in [0.29, 0.717) is 13.0 Å². The molecule has 1 fully saturated rings. The van der Waals surface area contributed by atoms with Crippen molar-refractivity contribution in [3.63, 3.8) is 0 Å². The Labute approximate surface area is 169 Å². The fourth-order valence-corrected chi connectivity index (χ4v) is 3.57. The highest BCUT2D eigenvalue weighted by Crippen LogP contribution is 2.21. The summed E-state index contributed by atoms with van der Waals surface area (Å²) in [5, 5.41) is 5.99. The van der Waals surface area contributed by atoms with Crippen LogP contribution < -0.4 is 15.4 Å². The van der Waals surface area contributed by atoms with Crippen LogP contribution >= 0.6 is 0 Å². The molecule has 0 spiro atoms. The SMILES string of the molecule is COc1ccc(C[C@@H](NC(=O)NCC2CCCO2)c2nc3ccccc3[nH]2)cc1. The topological polar surface area (TPSA) is 88.3 Å². The standard InChI is InChI=1S/C22H26N4O3/c1-28-16-10-8-15(9-11-16)13-20(21-24-18-6-2-3-7-19(18)25-21)26-22(27)23-14-17-5-4-12-29-17/h2-3,6-11,17,20H,4-5,12-14H2,1H3,(H,24,25)(H2,23,26,27)/t17?,20-/m1/s1. The van der Waals surface area contributed by atoms with Gasteiger partial charge in [-0.1, -0.05) is 24.3 Å². The zero-order chi connectivity index (χ0) is 20.1. The average Bonchev–Trinajstić information content (AvgIpc) is 3.42. The Balaban J connectivity index is 1.49. The Morgan fingerprint density at radius 1 is 1.28 bits per heavy atom. The minimum absolute atomic E-state index is 0.104. The smallest absolute Gasteiger partial charge is 0.315 e. The maximum absolute atomic E-state index is 12.5. The van der Waals surface area contributed by atoms with Gasteiger partial charge in [-0.05, 0) is 49.1 Å². The van der Waals surface area contributed by atoms with Crippen LogP contribution in [0.4, 0.5) is 4.79 Å². The lowest BCUT2D eigenvalue weighted by molar-refractivity contribution is 0.111. The molecule has 2 aromatic carbocycles. The van der Waals surface area contributed by atoms with Crippen molar-refractivity contribution >= 4 is 17.1 Å². The number of aromatic amines is 1. The van der Waals surface area contributed by atoms with Gasteiger partial charge < -0.3 is 25.1 Å². The van der Waals surface area contributed by atoms with Crippen molar-refractivity contribution in [2.75, 3.05) is 20.3 Å². The van der Waals surface area contributed by atoms with Crippen LogP contribution in [0, 0.1) is 0 Å². The number of aromatic nitrogens is 2. The number of rotatable bonds is 7. The van der Waals surface area contributed by atoms with E-state index in [1.54, 1.807) is 7.11 Å². The Bertz CT molecular complexity index is 915. The van der Waals surface area contributed by atoms with E-state index in [-0.39, 0.29) is 18.2 Å². The first-order chi connectivity index (χ1) is 14.2. The second-order valence-corrected chi connectivity index (χ2v) is 7.23.